The van der Waals surface area contributed by atoms with Crippen molar-refractivity contribution in [3.8, 4) is 5.75 Å². The van der Waals surface area contributed by atoms with Crippen LogP contribution in [-0.2, 0) is 4.74 Å². The number of amides is 1. The number of rotatable bonds is 4. The number of fused-ring (bicyclic) bond motifs is 1. The number of nitrogens with zero attached hydrogens (tertiary/aromatic N) is 2. The van der Waals surface area contributed by atoms with E-state index in [-0.39, 0.29) is 11.5 Å². The predicted octanol–water partition coefficient (Wildman–Crippen LogP) is 2.27. The van der Waals surface area contributed by atoms with E-state index in [0.717, 1.165) is 0 Å². The first-order valence-corrected chi connectivity index (χ1v) is 6.92. The van der Waals surface area contributed by atoms with Crippen LogP contribution in [0.1, 0.15) is 21.0 Å². The third-order valence-corrected chi connectivity index (χ3v) is 3.33. The van der Waals surface area contributed by atoms with E-state index >= 15 is 0 Å². The lowest BCUT2D eigenvalue weighted by molar-refractivity contribution is 0.0554. The summed E-state index contributed by atoms with van der Waals surface area (Å²) < 4.78 is 14.5. The SMILES string of the molecule is COC(=O)c1cc(C(=O)Nc2ccc(OC)c3ncccc23)no1. The molecular weight excluding hydrogens is 314 g/mol. The molecule has 2 aromatic heterocycles. The highest BCUT2D eigenvalue weighted by molar-refractivity contribution is 6.09. The van der Waals surface area contributed by atoms with Gasteiger partial charge >= 0.3 is 5.97 Å². The summed E-state index contributed by atoms with van der Waals surface area (Å²) in [6.45, 7) is 0. The van der Waals surface area contributed by atoms with Crippen LogP contribution in [0.5, 0.6) is 5.75 Å². The van der Waals surface area contributed by atoms with Crippen LogP contribution in [0, 0.1) is 0 Å². The van der Waals surface area contributed by atoms with Crippen LogP contribution in [0.2, 0.25) is 0 Å². The van der Waals surface area contributed by atoms with E-state index in [1.807, 2.05) is 6.07 Å². The summed E-state index contributed by atoms with van der Waals surface area (Å²) in [6.07, 6.45) is 1.64. The minimum Gasteiger partial charge on any atom is -0.494 e. The van der Waals surface area contributed by atoms with Gasteiger partial charge in [-0.3, -0.25) is 9.78 Å². The molecule has 3 aromatic rings. The molecule has 0 fully saturated rings. The maximum atomic E-state index is 12.3. The Morgan fingerprint density at radius 3 is 2.79 bits per heavy atom. The van der Waals surface area contributed by atoms with Crippen LogP contribution in [-0.4, -0.2) is 36.2 Å². The average Bonchev–Trinajstić information content (AvgIpc) is 3.11. The normalized spacial score (nSPS) is 10.4. The van der Waals surface area contributed by atoms with E-state index in [1.165, 1.54) is 13.2 Å². The van der Waals surface area contributed by atoms with Gasteiger partial charge in [-0.05, 0) is 24.3 Å². The first kappa shape index (κ1) is 15.5. The average molecular weight is 327 g/mol. The largest absolute Gasteiger partial charge is 0.494 e. The summed E-state index contributed by atoms with van der Waals surface area (Å²) in [5.74, 6) is -0.785. The fourth-order valence-electron chi connectivity index (χ4n) is 2.19. The second-order valence-electron chi connectivity index (χ2n) is 4.74. The molecule has 0 unspecified atom stereocenters. The van der Waals surface area contributed by atoms with Crippen molar-refractivity contribution in [1.29, 1.82) is 0 Å². The number of aromatic nitrogens is 2. The van der Waals surface area contributed by atoms with Gasteiger partial charge < -0.3 is 19.3 Å². The van der Waals surface area contributed by atoms with Crippen molar-refractivity contribution in [1.82, 2.24) is 10.1 Å². The van der Waals surface area contributed by atoms with E-state index in [0.29, 0.717) is 22.3 Å². The quantitative estimate of drug-likeness (QED) is 0.733. The molecule has 0 atom stereocenters. The van der Waals surface area contributed by atoms with Crippen molar-refractivity contribution in [2.45, 2.75) is 0 Å². The van der Waals surface area contributed by atoms with Crippen LogP contribution < -0.4 is 10.1 Å². The van der Waals surface area contributed by atoms with Gasteiger partial charge in [0.05, 0.1) is 19.9 Å². The van der Waals surface area contributed by atoms with Gasteiger partial charge in [-0.1, -0.05) is 5.16 Å². The summed E-state index contributed by atoms with van der Waals surface area (Å²) in [5, 5.41) is 6.99. The summed E-state index contributed by atoms with van der Waals surface area (Å²) >= 11 is 0. The molecule has 0 spiro atoms. The smallest absolute Gasteiger partial charge is 0.376 e. The minimum absolute atomic E-state index is 0.0386. The molecule has 0 radical (unpaired) electrons. The molecule has 0 saturated carbocycles. The maximum absolute atomic E-state index is 12.3. The van der Waals surface area contributed by atoms with Gasteiger partial charge in [0.2, 0.25) is 5.76 Å². The van der Waals surface area contributed by atoms with E-state index in [2.05, 4.69) is 20.2 Å². The standard InChI is InChI=1S/C16H13N3O5/c1-22-12-6-5-10(9-4-3-7-17-14(9)12)18-15(20)11-8-13(24-19-11)16(21)23-2/h3-8H,1-2H3,(H,18,20). The molecule has 1 N–H and O–H groups in total. The summed E-state index contributed by atoms with van der Waals surface area (Å²) in [6, 6.07) is 8.17. The van der Waals surface area contributed by atoms with Gasteiger partial charge in [0.25, 0.3) is 5.91 Å². The molecule has 0 aliphatic rings. The van der Waals surface area contributed by atoms with Crippen molar-refractivity contribution in [2.75, 3.05) is 19.5 Å². The molecule has 24 heavy (non-hydrogen) atoms. The Bertz CT molecular complexity index is 919. The molecule has 8 heteroatoms. The van der Waals surface area contributed by atoms with E-state index in [9.17, 15) is 9.59 Å². The van der Waals surface area contributed by atoms with Crippen molar-refractivity contribution >= 4 is 28.5 Å². The zero-order chi connectivity index (χ0) is 17.1. The first-order valence-electron chi connectivity index (χ1n) is 6.92. The molecule has 0 aliphatic heterocycles. The van der Waals surface area contributed by atoms with Gasteiger partial charge in [0.1, 0.15) is 11.3 Å². The Balaban J connectivity index is 1.91. The first-order chi connectivity index (χ1) is 11.6. The lowest BCUT2D eigenvalue weighted by atomic mass is 10.1. The molecule has 122 valence electrons. The number of carbonyl (C=O) groups is 2. The number of carbonyl (C=O) groups excluding carboxylic acids is 2. The Labute approximate surface area is 136 Å². The molecular formula is C16H13N3O5. The number of hydrogen-bond acceptors (Lipinski definition) is 7. The number of hydrogen-bond donors (Lipinski definition) is 1. The van der Waals surface area contributed by atoms with Crippen LogP contribution in [0.15, 0.2) is 41.1 Å². The van der Waals surface area contributed by atoms with E-state index in [1.54, 1.807) is 31.5 Å². The van der Waals surface area contributed by atoms with Crippen LogP contribution in [0.3, 0.4) is 0 Å². The number of pyridine rings is 1. The van der Waals surface area contributed by atoms with E-state index in [4.69, 9.17) is 9.26 Å². The lowest BCUT2D eigenvalue weighted by Gasteiger charge is -2.10. The predicted molar refractivity (Wildman–Crippen MR) is 84.1 cm³/mol. The highest BCUT2D eigenvalue weighted by Crippen LogP contribution is 2.29. The van der Waals surface area contributed by atoms with Gasteiger partial charge in [-0.2, -0.15) is 0 Å². The van der Waals surface area contributed by atoms with Crippen LogP contribution in [0.25, 0.3) is 10.9 Å². The molecule has 8 nitrogen and oxygen atoms in total. The number of ether oxygens (including phenoxy) is 2. The molecule has 1 aromatic carbocycles. The second kappa shape index (κ2) is 6.37. The van der Waals surface area contributed by atoms with Crippen molar-refractivity contribution < 1.29 is 23.6 Å². The molecule has 0 saturated heterocycles. The topological polar surface area (TPSA) is 104 Å². The fraction of sp³-hybridized carbons (Fsp3) is 0.125. The van der Waals surface area contributed by atoms with Gasteiger partial charge in [-0.25, -0.2) is 4.79 Å². The maximum Gasteiger partial charge on any atom is 0.376 e. The number of nitrogens with one attached hydrogen (secondary N) is 1. The highest BCUT2D eigenvalue weighted by Gasteiger charge is 2.19. The molecule has 0 aliphatic carbocycles. The van der Waals surface area contributed by atoms with Gasteiger partial charge in [0, 0.05) is 17.6 Å². The number of anilines is 1. The van der Waals surface area contributed by atoms with E-state index < -0.39 is 11.9 Å². The van der Waals surface area contributed by atoms with Crippen molar-refractivity contribution in [3.63, 3.8) is 0 Å². The Morgan fingerprint density at radius 1 is 1.21 bits per heavy atom. The number of esters is 1. The molecule has 2 heterocycles. The lowest BCUT2D eigenvalue weighted by Crippen LogP contribution is -2.12. The summed E-state index contributed by atoms with van der Waals surface area (Å²) in [5.41, 5.74) is 1.11. The zero-order valence-corrected chi connectivity index (χ0v) is 12.9. The fourth-order valence-corrected chi connectivity index (χ4v) is 2.19. The van der Waals surface area contributed by atoms with Gasteiger partial charge in [-0.15, -0.1) is 0 Å². The van der Waals surface area contributed by atoms with Crippen LogP contribution in [0.4, 0.5) is 5.69 Å². The number of benzene rings is 1. The Kier molecular flexibility index (Phi) is 4.11. The zero-order valence-electron chi connectivity index (χ0n) is 12.9. The monoisotopic (exact) mass is 327 g/mol. The third kappa shape index (κ3) is 2.76. The minimum atomic E-state index is -0.708. The summed E-state index contributed by atoms with van der Waals surface area (Å²) in [7, 11) is 2.76. The van der Waals surface area contributed by atoms with Gasteiger partial charge in [0.15, 0.2) is 5.69 Å². The Hall–Kier alpha value is -3.42. The second-order valence-corrected chi connectivity index (χ2v) is 4.74. The molecule has 1 amide bonds. The highest BCUT2D eigenvalue weighted by atomic mass is 16.5. The number of methoxy groups -OCH3 is 2. The third-order valence-electron chi connectivity index (χ3n) is 3.33. The van der Waals surface area contributed by atoms with Crippen molar-refractivity contribution in [3.05, 3.63) is 48.0 Å². The Morgan fingerprint density at radius 2 is 2.04 bits per heavy atom. The summed E-state index contributed by atoms with van der Waals surface area (Å²) in [4.78, 5) is 27.9. The molecule has 3 rings (SSSR count). The van der Waals surface area contributed by atoms with Crippen molar-refractivity contribution in [2.24, 2.45) is 0 Å². The van der Waals surface area contributed by atoms with Crippen LogP contribution >= 0.6 is 0 Å². The molecule has 0 bridgehead atoms.